The number of carbonyl (C=O) groups excluding carboxylic acids is 1. The number of nitrogens with one attached hydrogen (secondary N) is 3. The summed E-state index contributed by atoms with van der Waals surface area (Å²) in [6, 6.07) is 4.73. The number of aliphatic hydroxyl groups excluding tert-OH is 1. The fourth-order valence-corrected chi connectivity index (χ4v) is 4.30. The highest BCUT2D eigenvalue weighted by Gasteiger charge is 2.21. The minimum absolute atomic E-state index is 0.189. The highest BCUT2D eigenvalue weighted by Crippen LogP contribution is 2.30. The lowest BCUT2D eigenvalue weighted by molar-refractivity contribution is 0.101. The quantitative estimate of drug-likeness (QED) is 0.519. The minimum atomic E-state index is -0.370. The summed E-state index contributed by atoms with van der Waals surface area (Å²) >= 11 is 7.73. The third-order valence-electron chi connectivity index (χ3n) is 4.83. The van der Waals surface area contributed by atoms with Crippen LogP contribution < -0.4 is 14.8 Å². The van der Waals surface area contributed by atoms with Crippen LogP contribution in [0, 0.1) is 12.7 Å². The van der Waals surface area contributed by atoms with Gasteiger partial charge in [-0.05, 0) is 56.4 Å². The number of aryl methyl sites for hydroxylation is 2. The topological polar surface area (TPSA) is 78.3 Å². The number of benzene rings is 1. The SMILES string of the molecule is Cc1cc(NC(=O)c2c(Cl)c(NSNC3CCC(O)CC3)cn2C)ccc1F. The summed E-state index contributed by atoms with van der Waals surface area (Å²) in [5, 5.41) is 12.6. The van der Waals surface area contributed by atoms with Gasteiger partial charge in [0, 0.05) is 37.1 Å². The van der Waals surface area contributed by atoms with Crippen LogP contribution in [0.2, 0.25) is 5.02 Å². The molecule has 0 spiro atoms. The Morgan fingerprint density at radius 2 is 2.04 bits per heavy atom. The lowest BCUT2D eigenvalue weighted by Gasteiger charge is -2.25. The maximum atomic E-state index is 13.4. The number of carbonyl (C=O) groups is 1. The Kier molecular flexibility index (Phi) is 6.87. The number of amides is 1. The van der Waals surface area contributed by atoms with Gasteiger partial charge in [0.25, 0.3) is 5.91 Å². The van der Waals surface area contributed by atoms with Crippen LogP contribution in [0.1, 0.15) is 41.7 Å². The second kappa shape index (κ2) is 9.17. The molecular weight excluding hydrogens is 403 g/mol. The molecule has 1 saturated carbocycles. The Balaban J connectivity index is 1.60. The molecule has 9 heteroatoms. The molecule has 0 unspecified atom stereocenters. The standard InChI is InChI=1S/C19H24ClFN4O2S/c1-11-9-13(5-8-15(11)21)22-19(27)18-17(20)16(10-25(18)2)24-28-23-12-3-6-14(26)7-4-12/h5,8-10,12,14,23-24,26H,3-4,6-7H2,1-2H3,(H,22,27). The van der Waals surface area contributed by atoms with E-state index < -0.39 is 0 Å². The molecule has 0 radical (unpaired) electrons. The van der Waals surface area contributed by atoms with Crippen molar-refractivity contribution in [3.05, 3.63) is 46.5 Å². The lowest BCUT2D eigenvalue weighted by Crippen LogP contribution is -2.31. The first-order valence-electron chi connectivity index (χ1n) is 9.13. The minimum Gasteiger partial charge on any atom is -0.393 e. The first-order valence-corrected chi connectivity index (χ1v) is 10.3. The van der Waals surface area contributed by atoms with Crippen molar-refractivity contribution in [2.45, 2.75) is 44.8 Å². The maximum Gasteiger partial charge on any atom is 0.273 e. The summed E-state index contributed by atoms with van der Waals surface area (Å²) in [6.45, 7) is 1.64. The van der Waals surface area contributed by atoms with Crippen LogP contribution in [-0.2, 0) is 7.05 Å². The number of aromatic nitrogens is 1. The fraction of sp³-hybridized carbons (Fsp3) is 0.421. The van der Waals surface area contributed by atoms with Gasteiger partial charge in [-0.2, -0.15) is 0 Å². The second-order valence-corrected chi connectivity index (χ2v) is 8.08. The molecule has 1 aromatic carbocycles. The van der Waals surface area contributed by atoms with Crippen molar-refractivity contribution in [1.29, 1.82) is 0 Å². The summed E-state index contributed by atoms with van der Waals surface area (Å²) in [5.74, 6) is -0.691. The molecule has 1 fully saturated rings. The number of hydrogen-bond acceptors (Lipinski definition) is 5. The van der Waals surface area contributed by atoms with Gasteiger partial charge in [-0.3, -0.25) is 4.79 Å². The molecular formula is C19H24ClFN4O2S. The van der Waals surface area contributed by atoms with Gasteiger partial charge in [-0.15, -0.1) is 0 Å². The molecule has 6 nitrogen and oxygen atoms in total. The number of aliphatic hydroxyl groups is 1. The highest BCUT2D eigenvalue weighted by molar-refractivity contribution is 7.98. The molecule has 0 saturated heterocycles. The van der Waals surface area contributed by atoms with Crippen LogP contribution in [0.5, 0.6) is 0 Å². The Morgan fingerprint density at radius 3 is 2.71 bits per heavy atom. The monoisotopic (exact) mass is 426 g/mol. The summed E-state index contributed by atoms with van der Waals surface area (Å²) in [6.07, 6.45) is 5.00. The van der Waals surface area contributed by atoms with Crippen molar-refractivity contribution in [2.75, 3.05) is 10.0 Å². The van der Waals surface area contributed by atoms with E-state index in [2.05, 4.69) is 14.8 Å². The maximum absolute atomic E-state index is 13.4. The Morgan fingerprint density at radius 1 is 1.32 bits per heavy atom. The first-order chi connectivity index (χ1) is 13.3. The fourth-order valence-electron chi connectivity index (χ4n) is 3.20. The van der Waals surface area contributed by atoms with E-state index in [1.54, 1.807) is 30.8 Å². The van der Waals surface area contributed by atoms with E-state index in [0.717, 1.165) is 25.7 Å². The van der Waals surface area contributed by atoms with Crippen molar-refractivity contribution >= 4 is 41.0 Å². The Bertz CT molecular complexity index is 853. The van der Waals surface area contributed by atoms with Crippen LogP contribution in [0.25, 0.3) is 0 Å². The van der Waals surface area contributed by atoms with Crippen molar-refractivity contribution in [1.82, 2.24) is 9.29 Å². The number of hydrogen-bond donors (Lipinski definition) is 4. The summed E-state index contributed by atoms with van der Waals surface area (Å²) < 4.78 is 21.5. The van der Waals surface area contributed by atoms with Gasteiger partial charge in [0.15, 0.2) is 0 Å². The lowest BCUT2D eigenvalue weighted by atomic mass is 9.94. The van der Waals surface area contributed by atoms with E-state index in [9.17, 15) is 14.3 Å². The number of anilines is 2. The van der Waals surface area contributed by atoms with E-state index in [-0.39, 0.29) is 17.8 Å². The zero-order chi connectivity index (χ0) is 20.3. The Hall–Kier alpha value is -1.74. The van der Waals surface area contributed by atoms with Crippen LogP contribution in [0.4, 0.5) is 15.8 Å². The van der Waals surface area contributed by atoms with Crippen LogP contribution in [0.15, 0.2) is 24.4 Å². The van der Waals surface area contributed by atoms with E-state index in [1.165, 1.54) is 24.3 Å². The smallest absolute Gasteiger partial charge is 0.273 e. The second-order valence-electron chi connectivity index (χ2n) is 7.06. The molecule has 1 aliphatic rings. The summed E-state index contributed by atoms with van der Waals surface area (Å²) in [4.78, 5) is 12.6. The van der Waals surface area contributed by atoms with E-state index in [0.29, 0.717) is 33.7 Å². The van der Waals surface area contributed by atoms with Crippen LogP contribution in [-0.4, -0.2) is 27.7 Å². The van der Waals surface area contributed by atoms with Gasteiger partial charge in [0.1, 0.15) is 11.5 Å². The average Bonchev–Trinajstić information content (AvgIpc) is 2.93. The van der Waals surface area contributed by atoms with Crippen LogP contribution in [0.3, 0.4) is 0 Å². The number of halogens is 2. The van der Waals surface area contributed by atoms with Gasteiger partial charge in [-0.1, -0.05) is 11.6 Å². The van der Waals surface area contributed by atoms with Gasteiger partial charge in [0.05, 0.1) is 16.8 Å². The van der Waals surface area contributed by atoms with Crippen molar-refractivity contribution < 1.29 is 14.3 Å². The first kappa shape index (κ1) is 21.0. The van der Waals surface area contributed by atoms with Crippen molar-refractivity contribution in [2.24, 2.45) is 7.05 Å². The van der Waals surface area contributed by atoms with Crippen LogP contribution >= 0.6 is 23.7 Å². The number of nitrogens with zero attached hydrogens (tertiary/aromatic N) is 1. The summed E-state index contributed by atoms with van der Waals surface area (Å²) in [7, 11) is 1.74. The molecule has 4 N–H and O–H groups in total. The highest BCUT2D eigenvalue weighted by atomic mass is 35.5. The van der Waals surface area contributed by atoms with Gasteiger partial charge in [-0.25, -0.2) is 9.11 Å². The third-order valence-corrected chi connectivity index (χ3v) is 5.99. The van der Waals surface area contributed by atoms with E-state index in [4.69, 9.17) is 11.6 Å². The average molecular weight is 427 g/mol. The van der Waals surface area contributed by atoms with Crippen molar-refractivity contribution in [3.8, 4) is 0 Å². The molecule has 0 atom stereocenters. The zero-order valence-corrected chi connectivity index (χ0v) is 17.3. The predicted molar refractivity (Wildman–Crippen MR) is 112 cm³/mol. The normalized spacial score (nSPS) is 19.5. The molecule has 0 bridgehead atoms. The van der Waals surface area contributed by atoms with Gasteiger partial charge < -0.3 is 19.7 Å². The molecule has 3 rings (SSSR count). The Labute approximate surface area is 173 Å². The largest absolute Gasteiger partial charge is 0.393 e. The molecule has 28 heavy (non-hydrogen) atoms. The van der Waals surface area contributed by atoms with E-state index >= 15 is 0 Å². The molecule has 1 heterocycles. The molecule has 1 aliphatic carbocycles. The number of rotatable bonds is 6. The molecule has 1 aromatic heterocycles. The van der Waals surface area contributed by atoms with Gasteiger partial charge in [0.2, 0.25) is 0 Å². The third kappa shape index (κ3) is 5.00. The summed E-state index contributed by atoms with van der Waals surface area (Å²) in [5.41, 5.74) is 1.90. The zero-order valence-electron chi connectivity index (χ0n) is 15.8. The predicted octanol–water partition coefficient (Wildman–Crippen LogP) is 4.25. The van der Waals surface area contributed by atoms with E-state index in [1.807, 2.05) is 0 Å². The molecule has 1 amide bonds. The molecule has 2 aromatic rings. The molecule has 152 valence electrons. The van der Waals surface area contributed by atoms with Crippen molar-refractivity contribution in [3.63, 3.8) is 0 Å². The molecule has 0 aliphatic heterocycles. The van der Waals surface area contributed by atoms with Gasteiger partial charge >= 0.3 is 0 Å².